The molecule has 4 nitrogen and oxygen atoms in total. The van der Waals surface area contributed by atoms with Gasteiger partial charge in [-0.3, -0.25) is 9.78 Å². The minimum absolute atomic E-state index is 0.0550. The van der Waals surface area contributed by atoms with Gasteiger partial charge in [-0.15, -0.1) is 0 Å². The van der Waals surface area contributed by atoms with E-state index in [9.17, 15) is 4.79 Å². The van der Waals surface area contributed by atoms with Gasteiger partial charge in [0.15, 0.2) is 0 Å². The Hall–Kier alpha value is -1.42. The Bertz CT molecular complexity index is 505. The van der Waals surface area contributed by atoms with Crippen LogP contribution in [0.5, 0.6) is 0 Å². The van der Waals surface area contributed by atoms with Crippen molar-refractivity contribution in [1.82, 2.24) is 10.3 Å². The Kier molecular flexibility index (Phi) is 6.24. The Morgan fingerprint density at radius 3 is 2.50 bits per heavy atom. The molecule has 3 N–H and O–H groups in total. The number of amides is 1. The van der Waals surface area contributed by atoms with Crippen LogP contribution in [0.4, 0.5) is 0 Å². The average Bonchev–Trinajstić information content (AvgIpc) is 2.67. The highest BCUT2D eigenvalue weighted by Crippen LogP contribution is 2.36. The summed E-state index contributed by atoms with van der Waals surface area (Å²) in [6, 6.07) is 6.07. The summed E-state index contributed by atoms with van der Waals surface area (Å²) in [6.45, 7) is 0.787. The second-order valence-corrected chi connectivity index (χ2v) is 7.59. The van der Waals surface area contributed by atoms with E-state index in [0.717, 1.165) is 37.9 Å². The quantitative estimate of drug-likeness (QED) is 0.867. The summed E-state index contributed by atoms with van der Waals surface area (Å²) in [5.41, 5.74) is 6.84. The lowest BCUT2D eigenvalue weighted by Crippen LogP contribution is -2.39. The van der Waals surface area contributed by atoms with Gasteiger partial charge in [0.1, 0.15) is 0 Å². The zero-order valence-corrected chi connectivity index (χ0v) is 14.6. The molecule has 0 bridgehead atoms. The van der Waals surface area contributed by atoms with Crippen LogP contribution in [0, 0.1) is 17.8 Å². The third kappa shape index (κ3) is 4.35. The van der Waals surface area contributed by atoms with Crippen molar-refractivity contribution in [3.8, 4) is 0 Å². The first-order chi connectivity index (χ1) is 11.8. The van der Waals surface area contributed by atoms with E-state index < -0.39 is 0 Å². The third-order valence-electron chi connectivity index (χ3n) is 5.98. The molecule has 0 aromatic carbocycles. The van der Waals surface area contributed by atoms with E-state index in [2.05, 4.69) is 16.4 Å². The van der Waals surface area contributed by atoms with Crippen molar-refractivity contribution >= 4 is 5.91 Å². The number of aromatic nitrogens is 1. The van der Waals surface area contributed by atoms with Gasteiger partial charge in [0.05, 0.1) is 11.7 Å². The van der Waals surface area contributed by atoms with E-state index in [1.165, 1.54) is 32.1 Å². The SMILES string of the molecule is NCC1CCC(C(NC(=O)C2CCCCC2)c2ccccn2)CC1. The molecule has 2 saturated carbocycles. The highest BCUT2D eigenvalue weighted by Gasteiger charge is 2.32. The van der Waals surface area contributed by atoms with Gasteiger partial charge in [-0.1, -0.05) is 25.3 Å². The van der Waals surface area contributed by atoms with Crippen LogP contribution in [-0.2, 0) is 4.79 Å². The lowest BCUT2D eigenvalue weighted by Gasteiger charge is -2.34. The number of nitrogens with one attached hydrogen (secondary N) is 1. The molecule has 1 aromatic heterocycles. The van der Waals surface area contributed by atoms with E-state index in [1.807, 2.05) is 18.3 Å². The first kappa shape index (κ1) is 17.4. The molecule has 0 spiro atoms. The average molecular weight is 329 g/mol. The highest BCUT2D eigenvalue weighted by molar-refractivity contribution is 5.79. The summed E-state index contributed by atoms with van der Waals surface area (Å²) < 4.78 is 0. The monoisotopic (exact) mass is 329 g/mol. The number of carbonyl (C=O) groups excluding carboxylic acids is 1. The normalized spacial score (nSPS) is 26.7. The van der Waals surface area contributed by atoms with E-state index >= 15 is 0 Å². The molecule has 3 rings (SSSR count). The minimum Gasteiger partial charge on any atom is -0.347 e. The first-order valence-corrected chi connectivity index (χ1v) is 9.69. The van der Waals surface area contributed by atoms with Crippen LogP contribution in [0.1, 0.15) is 69.5 Å². The number of nitrogens with two attached hydrogens (primary N) is 1. The van der Waals surface area contributed by atoms with Crippen LogP contribution in [0.25, 0.3) is 0 Å². The van der Waals surface area contributed by atoms with Crippen LogP contribution in [0.3, 0.4) is 0 Å². The predicted octanol–water partition coefficient (Wildman–Crippen LogP) is 3.58. The van der Waals surface area contributed by atoms with Crippen molar-refractivity contribution < 1.29 is 4.79 Å². The van der Waals surface area contributed by atoms with Crippen molar-refractivity contribution in [1.29, 1.82) is 0 Å². The van der Waals surface area contributed by atoms with Gasteiger partial charge >= 0.3 is 0 Å². The van der Waals surface area contributed by atoms with Gasteiger partial charge in [-0.05, 0) is 69.0 Å². The van der Waals surface area contributed by atoms with E-state index in [0.29, 0.717) is 11.8 Å². The number of hydrogen-bond acceptors (Lipinski definition) is 3. The Labute approximate surface area is 145 Å². The fourth-order valence-corrected chi connectivity index (χ4v) is 4.39. The fourth-order valence-electron chi connectivity index (χ4n) is 4.39. The predicted molar refractivity (Wildman–Crippen MR) is 96.2 cm³/mol. The molecule has 0 saturated heterocycles. The van der Waals surface area contributed by atoms with Crippen LogP contribution in [0.15, 0.2) is 24.4 Å². The summed E-state index contributed by atoms with van der Waals surface area (Å²) in [5.74, 6) is 1.58. The van der Waals surface area contributed by atoms with E-state index in [1.54, 1.807) is 0 Å². The molecule has 0 aliphatic heterocycles. The number of hydrogen-bond donors (Lipinski definition) is 2. The molecule has 1 aromatic rings. The van der Waals surface area contributed by atoms with Crippen molar-refractivity contribution in [2.75, 3.05) is 6.54 Å². The van der Waals surface area contributed by atoms with Crippen LogP contribution >= 0.6 is 0 Å². The molecule has 24 heavy (non-hydrogen) atoms. The van der Waals surface area contributed by atoms with Gasteiger partial charge in [0, 0.05) is 12.1 Å². The van der Waals surface area contributed by atoms with Crippen LogP contribution in [0.2, 0.25) is 0 Å². The molecule has 2 aliphatic carbocycles. The van der Waals surface area contributed by atoms with Gasteiger partial charge in [-0.25, -0.2) is 0 Å². The van der Waals surface area contributed by atoms with Gasteiger partial charge in [-0.2, -0.15) is 0 Å². The van der Waals surface area contributed by atoms with Crippen LogP contribution in [-0.4, -0.2) is 17.4 Å². The van der Waals surface area contributed by atoms with Crippen molar-refractivity contribution in [3.05, 3.63) is 30.1 Å². The maximum Gasteiger partial charge on any atom is 0.223 e. The number of pyridine rings is 1. The summed E-state index contributed by atoms with van der Waals surface area (Å²) in [7, 11) is 0. The molecule has 132 valence electrons. The van der Waals surface area contributed by atoms with Crippen LogP contribution < -0.4 is 11.1 Å². The summed E-state index contributed by atoms with van der Waals surface area (Å²) >= 11 is 0. The lowest BCUT2D eigenvalue weighted by molar-refractivity contribution is -0.127. The highest BCUT2D eigenvalue weighted by atomic mass is 16.1. The molecule has 2 aliphatic rings. The van der Waals surface area contributed by atoms with Gasteiger partial charge < -0.3 is 11.1 Å². The molecule has 4 heteroatoms. The number of carbonyl (C=O) groups is 1. The molecule has 0 radical (unpaired) electrons. The smallest absolute Gasteiger partial charge is 0.223 e. The molecular weight excluding hydrogens is 298 g/mol. The zero-order valence-electron chi connectivity index (χ0n) is 14.6. The van der Waals surface area contributed by atoms with Crippen molar-refractivity contribution in [2.45, 2.75) is 63.8 Å². The maximum atomic E-state index is 12.8. The Morgan fingerprint density at radius 2 is 1.88 bits per heavy atom. The molecule has 2 fully saturated rings. The number of rotatable bonds is 5. The van der Waals surface area contributed by atoms with E-state index in [4.69, 9.17) is 5.73 Å². The van der Waals surface area contributed by atoms with E-state index in [-0.39, 0.29) is 17.9 Å². The van der Waals surface area contributed by atoms with Gasteiger partial charge in [0.25, 0.3) is 0 Å². The summed E-state index contributed by atoms with van der Waals surface area (Å²) in [6.07, 6.45) is 12.2. The van der Waals surface area contributed by atoms with Crippen molar-refractivity contribution in [2.24, 2.45) is 23.5 Å². The van der Waals surface area contributed by atoms with Gasteiger partial charge in [0.2, 0.25) is 5.91 Å². The topological polar surface area (TPSA) is 68.0 Å². The van der Waals surface area contributed by atoms with Crippen molar-refractivity contribution in [3.63, 3.8) is 0 Å². The maximum absolute atomic E-state index is 12.8. The standard InChI is InChI=1S/C20H31N3O/c21-14-15-9-11-16(12-10-15)19(18-8-4-5-13-22-18)23-20(24)17-6-2-1-3-7-17/h4-5,8,13,15-17,19H,1-3,6-7,9-12,14,21H2,(H,23,24). The molecule has 1 atom stereocenters. The fraction of sp³-hybridized carbons (Fsp3) is 0.700. The second-order valence-electron chi connectivity index (χ2n) is 7.59. The first-order valence-electron chi connectivity index (χ1n) is 9.69. The molecule has 1 heterocycles. The Morgan fingerprint density at radius 1 is 1.12 bits per heavy atom. The molecular formula is C20H31N3O. The summed E-state index contributed by atoms with van der Waals surface area (Å²) in [4.78, 5) is 17.3. The molecule has 1 unspecified atom stereocenters. The minimum atomic E-state index is 0.0550. The zero-order chi connectivity index (χ0) is 16.8. The lowest BCUT2D eigenvalue weighted by atomic mass is 9.77. The second kappa shape index (κ2) is 8.61. The number of nitrogens with zero attached hydrogens (tertiary/aromatic N) is 1. The summed E-state index contributed by atoms with van der Waals surface area (Å²) in [5, 5.41) is 3.37. The third-order valence-corrected chi connectivity index (χ3v) is 5.98. The molecule has 1 amide bonds. The Balaban J connectivity index is 1.69. The largest absolute Gasteiger partial charge is 0.347 e.